The molecule has 2 rings (SSSR count). The molecule has 1 aromatic heterocycles. The molecule has 88 valence electrons. The predicted molar refractivity (Wildman–Crippen MR) is 72.4 cm³/mol. The van der Waals surface area contributed by atoms with Crippen molar-refractivity contribution >= 4 is 35.0 Å². The Balaban J connectivity index is 1.88. The van der Waals surface area contributed by atoms with E-state index in [0.717, 1.165) is 16.6 Å². The van der Waals surface area contributed by atoms with Crippen molar-refractivity contribution in [1.82, 2.24) is 4.98 Å². The average Bonchev–Trinajstić information content (AvgIpc) is 2.29. The molecule has 0 amide bonds. The summed E-state index contributed by atoms with van der Waals surface area (Å²) in [4.78, 5) is 4.05. The number of rotatable bonds is 3. The Morgan fingerprint density at radius 2 is 1.94 bits per heavy atom. The summed E-state index contributed by atoms with van der Waals surface area (Å²) in [5.41, 5.74) is 1.10. The van der Waals surface area contributed by atoms with E-state index in [4.69, 9.17) is 23.2 Å². The lowest BCUT2D eigenvalue weighted by atomic mass is 10.0. The highest BCUT2D eigenvalue weighted by molar-refractivity contribution is 7.99. The monoisotopic (exact) mass is 275 g/mol. The van der Waals surface area contributed by atoms with Crippen molar-refractivity contribution in [2.75, 3.05) is 0 Å². The van der Waals surface area contributed by atoms with Crippen molar-refractivity contribution in [2.24, 2.45) is 0 Å². The fourth-order valence-electron chi connectivity index (χ4n) is 1.99. The normalized spacial score (nSPS) is 17.6. The van der Waals surface area contributed by atoms with E-state index in [1.807, 2.05) is 23.9 Å². The van der Waals surface area contributed by atoms with Crippen LogP contribution in [0.4, 0.5) is 0 Å². The molecule has 1 aromatic rings. The maximum absolute atomic E-state index is 6.04. The summed E-state index contributed by atoms with van der Waals surface area (Å²) >= 11 is 13.8. The molecule has 1 aliphatic rings. The molecule has 1 aliphatic carbocycles. The van der Waals surface area contributed by atoms with Crippen molar-refractivity contribution in [3.05, 3.63) is 28.0 Å². The summed E-state index contributed by atoms with van der Waals surface area (Å²) in [6, 6.07) is 3.79. The number of aromatic nitrogens is 1. The molecule has 1 fully saturated rings. The summed E-state index contributed by atoms with van der Waals surface area (Å²) < 4.78 is 0. The van der Waals surface area contributed by atoms with Crippen LogP contribution in [-0.4, -0.2) is 10.2 Å². The first-order valence-corrected chi connectivity index (χ1v) is 7.48. The van der Waals surface area contributed by atoms with Gasteiger partial charge in [0.2, 0.25) is 0 Å². The standard InChI is InChI=1S/C12H15Cl2NS/c13-11-7-6-9(12(14)15-11)8-16-10-4-2-1-3-5-10/h6-7,10H,1-5,8H2. The number of pyridine rings is 1. The Morgan fingerprint density at radius 1 is 1.19 bits per heavy atom. The third-order valence-corrected chi connectivity index (χ3v) is 4.88. The first-order valence-electron chi connectivity index (χ1n) is 5.68. The van der Waals surface area contributed by atoms with Gasteiger partial charge in [-0.15, -0.1) is 0 Å². The molecule has 0 saturated heterocycles. The highest BCUT2D eigenvalue weighted by Gasteiger charge is 2.14. The van der Waals surface area contributed by atoms with E-state index in [9.17, 15) is 0 Å². The molecule has 0 aromatic carbocycles. The van der Waals surface area contributed by atoms with Crippen molar-refractivity contribution in [3.8, 4) is 0 Å². The molecule has 1 heterocycles. The first-order chi connectivity index (χ1) is 7.75. The maximum atomic E-state index is 6.04. The Hall–Kier alpha value is 0.0800. The van der Waals surface area contributed by atoms with Gasteiger partial charge in [0.05, 0.1) is 0 Å². The van der Waals surface area contributed by atoms with Gasteiger partial charge in [-0.3, -0.25) is 0 Å². The van der Waals surface area contributed by atoms with Gasteiger partial charge in [-0.05, 0) is 24.5 Å². The zero-order valence-electron chi connectivity index (χ0n) is 9.09. The van der Waals surface area contributed by atoms with E-state index in [-0.39, 0.29) is 0 Å². The van der Waals surface area contributed by atoms with E-state index in [1.165, 1.54) is 32.1 Å². The summed E-state index contributed by atoms with van der Waals surface area (Å²) in [6.07, 6.45) is 6.86. The number of hydrogen-bond acceptors (Lipinski definition) is 2. The number of nitrogens with zero attached hydrogens (tertiary/aromatic N) is 1. The van der Waals surface area contributed by atoms with Crippen LogP contribution < -0.4 is 0 Å². The lowest BCUT2D eigenvalue weighted by Gasteiger charge is -2.21. The molecule has 0 spiro atoms. The van der Waals surface area contributed by atoms with Crippen molar-refractivity contribution < 1.29 is 0 Å². The average molecular weight is 276 g/mol. The first kappa shape index (κ1) is 12.5. The van der Waals surface area contributed by atoms with Gasteiger partial charge in [0, 0.05) is 11.0 Å². The third kappa shape index (κ3) is 3.54. The fourth-order valence-corrected chi connectivity index (χ4v) is 3.79. The summed E-state index contributed by atoms with van der Waals surface area (Å²) in [7, 11) is 0. The van der Waals surface area contributed by atoms with Crippen molar-refractivity contribution in [2.45, 2.75) is 43.1 Å². The van der Waals surface area contributed by atoms with Gasteiger partial charge in [-0.1, -0.05) is 48.5 Å². The van der Waals surface area contributed by atoms with Crippen LogP contribution in [0.1, 0.15) is 37.7 Å². The van der Waals surface area contributed by atoms with Crippen LogP contribution in [0.3, 0.4) is 0 Å². The van der Waals surface area contributed by atoms with Gasteiger partial charge >= 0.3 is 0 Å². The molecule has 16 heavy (non-hydrogen) atoms. The molecule has 0 unspecified atom stereocenters. The molecule has 0 aliphatic heterocycles. The second kappa shape index (κ2) is 6.13. The second-order valence-corrected chi connectivity index (χ2v) is 6.19. The number of halogens is 2. The zero-order chi connectivity index (χ0) is 11.4. The minimum absolute atomic E-state index is 0.469. The Morgan fingerprint density at radius 3 is 2.62 bits per heavy atom. The summed E-state index contributed by atoms with van der Waals surface area (Å²) in [6.45, 7) is 0. The molecular formula is C12H15Cl2NS. The quantitative estimate of drug-likeness (QED) is 0.724. The zero-order valence-corrected chi connectivity index (χ0v) is 11.4. The Bertz CT molecular complexity index is 351. The molecule has 1 nitrogen and oxygen atoms in total. The Labute approximate surface area is 111 Å². The topological polar surface area (TPSA) is 12.9 Å². The van der Waals surface area contributed by atoms with Gasteiger partial charge < -0.3 is 0 Å². The molecule has 0 radical (unpaired) electrons. The van der Waals surface area contributed by atoms with Gasteiger partial charge in [0.1, 0.15) is 10.3 Å². The Kier molecular flexibility index (Phi) is 4.80. The number of hydrogen-bond donors (Lipinski definition) is 0. The smallest absolute Gasteiger partial charge is 0.134 e. The van der Waals surface area contributed by atoms with Crippen LogP contribution in [0.2, 0.25) is 10.3 Å². The van der Waals surface area contributed by atoms with Gasteiger partial charge in [-0.2, -0.15) is 11.8 Å². The fraction of sp³-hybridized carbons (Fsp3) is 0.583. The molecule has 1 saturated carbocycles. The van der Waals surface area contributed by atoms with E-state index in [1.54, 1.807) is 0 Å². The second-order valence-electron chi connectivity index (χ2n) is 4.15. The van der Waals surface area contributed by atoms with Crippen molar-refractivity contribution in [1.29, 1.82) is 0 Å². The number of thioether (sulfide) groups is 1. The molecule has 0 atom stereocenters. The van der Waals surface area contributed by atoms with Crippen LogP contribution in [0, 0.1) is 0 Å². The van der Waals surface area contributed by atoms with Gasteiger partial charge in [0.15, 0.2) is 0 Å². The van der Waals surface area contributed by atoms with Crippen LogP contribution in [0.15, 0.2) is 12.1 Å². The molecule has 0 N–H and O–H groups in total. The van der Waals surface area contributed by atoms with E-state index in [0.29, 0.717) is 10.3 Å². The molecule has 0 bridgehead atoms. The highest BCUT2D eigenvalue weighted by atomic mass is 35.5. The van der Waals surface area contributed by atoms with E-state index >= 15 is 0 Å². The van der Waals surface area contributed by atoms with Crippen LogP contribution in [-0.2, 0) is 5.75 Å². The predicted octanol–water partition coefficient (Wildman–Crippen LogP) is 4.95. The van der Waals surface area contributed by atoms with Crippen LogP contribution in [0.5, 0.6) is 0 Å². The molecule has 4 heteroatoms. The van der Waals surface area contributed by atoms with Gasteiger partial charge in [-0.25, -0.2) is 4.98 Å². The molecular weight excluding hydrogens is 261 g/mol. The van der Waals surface area contributed by atoms with Crippen LogP contribution in [0.25, 0.3) is 0 Å². The van der Waals surface area contributed by atoms with Gasteiger partial charge in [0.25, 0.3) is 0 Å². The summed E-state index contributed by atoms with van der Waals surface area (Å²) in [5.74, 6) is 0.952. The highest BCUT2D eigenvalue weighted by Crippen LogP contribution is 2.31. The van der Waals surface area contributed by atoms with Crippen molar-refractivity contribution in [3.63, 3.8) is 0 Å². The van der Waals surface area contributed by atoms with E-state index in [2.05, 4.69) is 4.98 Å². The minimum atomic E-state index is 0.469. The van der Waals surface area contributed by atoms with E-state index < -0.39 is 0 Å². The minimum Gasteiger partial charge on any atom is -0.224 e. The third-order valence-electron chi connectivity index (χ3n) is 2.92. The SMILES string of the molecule is Clc1ccc(CSC2CCCCC2)c(Cl)n1. The van der Waals surface area contributed by atoms with Crippen LogP contribution >= 0.6 is 35.0 Å². The largest absolute Gasteiger partial charge is 0.224 e. The maximum Gasteiger partial charge on any atom is 0.134 e. The lowest BCUT2D eigenvalue weighted by Crippen LogP contribution is -2.08. The lowest BCUT2D eigenvalue weighted by molar-refractivity contribution is 0.516. The summed E-state index contributed by atoms with van der Waals surface area (Å²) in [5, 5.41) is 1.83.